The van der Waals surface area contributed by atoms with Gasteiger partial charge in [-0.2, -0.15) is 0 Å². The molecule has 1 aliphatic heterocycles. The number of hydrogen-bond donors (Lipinski definition) is 4. The van der Waals surface area contributed by atoms with Crippen molar-refractivity contribution in [2.45, 2.75) is 47.8 Å². The highest BCUT2D eigenvalue weighted by molar-refractivity contribution is 5.57. The summed E-state index contributed by atoms with van der Waals surface area (Å²) in [7, 11) is 0. The van der Waals surface area contributed by atoms with Gasteiger partial charge >= 0.3 is 0 Å². The zero-order valence-electron chi connectivity index (χ0n) is 17.1. The average Bonchev–Trinajstić information content (AvgIpc) is 2.62. The molecule has 160 valence electrons. The zero-order valence-corrected chi connectivity index (χ0v) is 17.1. The quantitative estimate of drug-likeness (QED) is 0.471. The van der Waals surface area contributed by atoms with Gasteiger partial charge in [-0.15, -0.1) is 0 Å². The van der Waals surface area contributed by atoms with E-state index in [0.29, 0.717) is 5.92 Å². The highest BCUT2D eigenvalue weighted by Crippen LogP contribution is 2.27. The largest absolute Gasteiger partial charge is 0.412 e. The topological polar surface area (TPSA) is 148 Å². The maximum Gasteiger partial charge on any atom is 0.164 e. The second-order valence-electron chi connectivity index (χ2n) is 7.99. The monoisotopic (exact) mass is 384 g/mol. The molecule has 1 saturated heterocycles. The van der Waals surface area contributed by atoms with Crippen LogP contribution in [0.15, 0.2) is 0 Å². The minimum atomic E-state index is -0.542. The molecule has 0 radical (unpaired) electrons. The van der Waals surface area contributed by atoms with E-state index in [4.69, 9.17) is 29.9 Å². The van der Waals surface area contributed by atoms with Gasteiger partial charge in [0.2, 0.25) is 0 Å². The molecule has 1 aliphatic rings. The lowest BCUT2D eigenvalue weighted by Crippen LogP contribution is -2.42. The van der Waals surface area contributed by atoms with Crippen molar-refractivity contribution in [2.75, 3.05) is 39.6 Å². The molecule has 0 saturated carbocycles. The summed E-state index contributed by atoms with van der Waals surface area (Å²) < 4.78 is 10.9. The Morgan fingerprint density at radius 2 is 1.42 bits per heavy atom. The Bertz CT molecular complexity index is 321. The number of hydrogen-bond acceptors (Lipinski definition) is 7. The number of rotatable bonds is 6. The summed E-state index contributed by atoms with van der Waals surface area (Å²) in [6.07, 6.45) is 0.492. The first-order valence-corrected chi connectivity index (χ1v) is 8.62. The SMILES string of the molecule is CC(C)(C=O)CO.CC(CO)CO.CC1COC(C(C)(C)CO)OC1.O. The molecule has 0 aromatic heterocycles. The number of carbonyl (C=O) groups is 1. The smallest absolute Gasteiger partial charge is 0.164 e. The van der Waals surface area contributed by atoms with E-state index in [-0.39, 0.29) is 49.5 Å². The van der Waals surface area contributed by atoms with E-state index in [1.54, 1.807) is 20.8 Å². The highest BCUT2D eigenvalue weighted by Gasteiger charge is 2.33. The first-order valence-electron chi connectivity index (χ1n) is 8.62. The van der Waals surface area contributed by atoms with Crippen molar-refractivity contribution in [2.24, 2.45) is 22.7 Å². The lowest BCUT2D eigenvalue weighted by molar-refractivity contribution is -0.249. The normalized spacial score (nSPS) is 20.1. The van der Waals surface area contributed by atoms with Crippen LogP contribution in [0.1, 0.15) is 41.5 Å². The summed E-state index contributed by atoms with van der Waals surface area (Å²) in [5, 5.41) is 33.8. The van der Waals surface area contributed by atoms with E-state index in [0.717, 1.165) is 19.5 Å². The van der Waals surface area contributed by atoms with Gasteiger partial charge in [-0.25, -0.2) is 0 Å². The number of ether oxygens (including phenoxy) is 2. The summed E-state index contributed by atoms with van der Waals surface area (Å²) >= 11 is 0. The van der Waals surface area contributed by atoms with Crippen LogP contribution in [0.2, 0.25) is 0 Å². The van der Waals surface area contributed by atoms with Crippen LogP contribution in [0.25, 0.3) is 0 Å². The van der Waals surface area contributed by atoms with Gasteiger partial charge in [-0.1, -0.05) is 41.5 Å². The molecule has 0 bridgehead atoms. The molecule has 0 unspecified atom stereocenters. The van der Waals surface area contributed by atoms with Gasteiger partial charge < -0.3 is 40.2 Å². The Labute approximate surface area is 157 Å². The lowest BCUT2D eigenvalue weighted by atomic mass is 9.93. The average molecular weight is 385 g/mol. The number of aldehydes is 1. The van der Waals surface area contributed by atoms with E-state index in [9.17, 15) is 4.79 Å². The molecular formula is C18H40O8. The number of carbonyl (C=O) groups excluding carboxylic acids is 1. The first kappa shape index (κ1) is 30.1. The van der Waals surface area contributed by atoms with E-state index in [1.807, 2.05) is 13.8 Å². The molecule has 0 amide bonds. The van der Waals surface area contributed by atoms with Gasteiger partial charge in [0, 0.05) is 35.9 Å². The minimum Gasteiger partial charge on any atom is -0.412 e. The molecular weight excluding hydrogens is 344 g/mol. The van der Waals surface area contributed by atoms with Crippen molar-refractivity contribution >= 4 is 6.29 Å². The van der Waals surface area contributed by atoms with Gasteiger partial charge in [-0.3, -0.25) is 0 Å². The van der Waals surface area contributed by atoms with Crippen LogP contribution in [-0.2, 0) is 14.3 Å². The van der Waals surface area contributed by atoms with Gasteiger partial charge in [0.1, 0.15) is 6.29 Å². The Hall–Kier alpha value is -0.610. The number of aliphatic hydroxyl groups excluding tert-OH is 4. The van der Waals surface area contributed by atoms with Crippen molar-refractivity contribution in [3.05, 3.63) is 0 Å². The molecule has 1 fully saturated rings. The summed E-state index contributed by atoms with van der Waals surface area (Å²) in [6.45, 7) is 12.7. The fraction of sp³-hybridized carbons (Fsp3) is 0.944. The van der Waals surface area contributed by atoms with E-state index >= 15 is 0 Å². The molecule has 0 atom stereocenters. The van der Waals surface area contributed by atoms with Crippen LogP contribution in [0.3, 0.4) is 0 Å². The van der Waals surface area contributed by atoms with Gasteiger partial charge in [0.05, 0.1) is 26.4 Å². The molecule has 8 heteroatoms. The predicted octanol–water partition coefficient (Wildman–Crippen LogP) is 0.000100. The van der Waals surface area contributed by atoms with Crippen LogP contribution in [-0.4, -0.2) is 78.1 Å². The van der Waals surface area contributed by atoms with E-state index in [2.05, 4.69) is 6.92 Å². The summed E-state index contributed by atoms with van der Waals surface area (Å²) in [6, 6.07) is 0. The summed E-state index contributed by atoms with van der Waals surface area (Å²) in [5.74, 6) is 0.515. The van der Waals surface area contributed by atoms with Gasteiger partial charge in [-0.05, 0) is 0 Å². The Morgan fingerprint density at radius 1 is 1.00 bits per heavy atom. The Morgan fingerprint density at radius 3 is 1.62 bits per heavy atom. The highest BCUT2D eigenvalue weighted by atomic mass is 16.7. The molecule has 0 spiro atoms. The van der Waals surface area contributed by atoms with Crippen molar-refractivity contribution in [1.29, 1.82) is 0 Å². The van der Waals surface area contributed by atoms with Crippen LogP contribution < -0.4 is 0 Å². The van der Waals surface area contributed by atoms with Crippen molar-refractivity contribution in [1.82, 2.24) is 0 Å². The molecule has 8 nitrogen and oxygen atoms in total. The van der Waals surface area contributed by atoms with Crippen molar-refractivity contribution in [3.63, 3.8) is 0 Å². The number of aliphatic hydroxyl groups is 4. The fourth-order valence-electron chi connectivity index (χ4n) is 1.22. The molecule has 1 rings (SSSR count). The lowest BCUT2D eigenvalue weighted by Gasteiger charge is -2.36. The first-order chi connectivity index (χ1) is 11.5. The predicted molar refractivity (Wildman–Crippen MR) is 99.6 cm³/mol. The zero-order chi connectivity index (χ0) is 20.1. The molecule has 0 aromatic rings. The second kappa shape index (κ2) is 15.4. The van der Waals surface area contributed by atoms with E-state index < -0.39 is 5.41 Å². The van der Waals surface area contributed by atoms with Crippen molar-refractivity contribution < 1.29 is 40.2 Å². The molecule has 0 aromatic carbocycles. The van der Waals surface area contributed by atoms with Crippen LogP contribution >= 0.6 is 0 Å². The summed E-state index contributed by atoms with van der Waals surface area (Å²) in [5.41, 5.74) is -0.833. The van der Waals surface area contributed by atoms with Crippen LogP contribution in [0.5, 0.6) is 0 Å². The molecule has 6 N–H and O–H groups in total. The van der Waals surface area contributed by atoms with Gasteiger partial charge in [0.15, 0.2) is 6.29 Å². The van der Waals surface area contributed by atoms with Crippen LogP contribution in [0.4, 0.5) is 0 Å². The Kier molecular flexibility index (Phi) is 17.9. The standard InChI is InChI=1S/C9H18O3.C5H10O2.C4H10O2.H2O/c1-7-4-11-8(12-5-7)9(2,3)6-10;1-5(2,3-6)4-7;1-4(2-5)3-6;/h7-8,10H,4-6H2,1-3H3;3,7H,4H2,1-2H3;4-6H,2-3H2,1H3;1H2. The van der Waals surface area contributed by atoms with Crippen LogP contribution in [0, 0.1) is 22.7 Å². The molecule has 26 heavy (non-hydrogen) atoms. The maximum atomic E-state index is 9.90. The Balaban J connectivity index is -0.000000327. The second-order valence-corrected chi connectivity index (χ2v) is 7.99. The molecule has 1 heterocycles. The third-order valence-electron chi connectivity index (χ3n) is 3.46. The third-order valence-corrected chi connectivity index (χ3v) is 3.46. The van der Waals surface area contributed by atoms with E-state index in [1.165, 1.54) is 0 Å². The maximum absolute atomic E-state index is 9.90. The van der Waals surface area contributed by atoms with Gasteiger partial charge in [0.25, 0.3) is 0 Å². The summed E-state index contributed by atoms with van der Waals surface area (Å²) in [4.78, 5) is 9.90. The third kappa shape index (κ3) is 14.5. The fourth-order valence-corrected chi connectivity index (χ4v) is 1.22. The van der Waals surface area contributed by atoms with Crippen molar-refractivity contribution in [3.8, 4) is 0 Å². The minimum absolute atomic E-state index is 0. The molecule has 0 aliphatic carbocycles.